The van der Waals surface area contributed by atoms with Gasteiger partial charge in [0.2, 0.25) is 5.78 Å². The van der Waals surface area contributed by atoms with E-state index in [4.69, 9.17) is 0 Å². The van der Waals surface area contributed by atoms with Crippen LogP contribution in [-0.4, -0.2) is 11.5 Å². The Morgan fingerprint density at radius 3 is 2.53 bits per heavy atom. The molecule has 0 spiro atoms. The number of nitrogens with zero attached hydrogens (tertiary/aromatic N) is 1. The van der Waals surface area contributed by atoms with Crippen LogP contribution in [0.15, 0.2) is 58.0 Å². The number of benzene rings is 2. The van der Waals surface area contributed by atoms with E-state index >= 15 is 0 Å². The monoisotopic (exact) mass is 285 g/mol. The van der Waals surface area contributed by atoms with Gasteiger partial charge in [-0.2, -0.15) is 0 Å². The Hall–Kier alpha value is -1.74. The van der Waals surface area contributed by atoms with E-state index in [9.17, 15) is 4.79 Å². The normalized spacial score (nSPS) is 13.5. The number of carbonyl (C=O) groups is 1. The van der Waals surface area contributed by atoms with Gasteiger partial charge in [0.25, 0.3) is 0 Å². The Morgan fingerprint density at radius 1 is 1.00 bits per heavy atom. The maximum Gasteiger partial charge on any atom is 0.214 e. The molecule has 1 heterocycles. The maximum atomic E-state index is 12.2. The van der Waals surface area contributed by atoms with E-state index in [0.29, 0.717) is 11.3 Å². The quantitative estimate of drug-likeness (QED) is 0.784. The molecular weight excluding hydrogens is 278 g/mol. The van der Waals surface area contributed by atoms with Gasteiger partial charge < -0.3 is 0 Å². The molecule has 2 aromatic rings. The third kappa shape index (κ3) is 1.72. The van der Waals surface area contributed by atoms with Crippen LogP contribution < -0.4 is 0 Å². The summed E-state index contributed by atoms with van der Waals surface area (Å²) in [6, 6.07) is 15.1. The van der Waals surface area contributed by atoms with Crippen molar-refractivity contribution in [2.45, 2.75) is 0 Å². The highest BCUT2D eigenvalue weighted by atomic mass is 79.9. The third-order valence-corrected chi connectivity index (χ3v) is 3.19. The van der Waals surface area contributed by atoms with Crippen LogP contribution in [0.5, 0.6) is 0 Å². The Kier molecular flexibility index (Phi) is 2.41. The highest BCUT2D eigenvalue weighted by molar-refractivity contribution is 9.10. The summed E-state index contributed by atoms with van der Waals surface area (Å²) < 4.78 is 0.897. The van der Waals surface area contributed by atoms with Crippen LogP contribution in [0.1, 0.15) is 15.9 Å². The summed E-state index contributed by atoms with van der Waals surface area (Å²) in [5, 5.41) is 0. The van der Waals surface area contributed by atoms with Gasteiger partial charge in [0.15, 0.2) is 0 Å². The molecule has 0 saturated heterocycles. The zero-order valence-corrected chi connectivity index (χ0v) is 10.4. The largest absolute Gasteiger partial charge is 0.287 e. The lowest BCUT2D eigenvalue weighted by molar-refractivity contribution is 0.107. The highest BCUT2D eigenvalue weighted by Gasteiger charge is 2.25. The van der Waals surface area contributed by atoms with E-state index in [-0.39, 0.29) is 5.78 Å². The van der Waals surface area contributed by atoms with E-state index < -0.39 is 0 Å². The number of fused-ring (bicyclic) bond motifs is 1. The summed E-state index contributed by atoms with van der Waals surface area (Å²) in [6.07, 6.45) is 0. The fourth-order valence-corrected chi connectivity index (χ4v) is 2.24. The van der Waals surface area contributed by atoms with Gasteiger partial charge in [0, 0.05) is 10.0 Å². The van der Waals surface area contributed by atoms with Crippen LogP contribution in [0.4, 0.5) is 5.69 Å². The van der Waals surface area contributed by atoms with E-state index in [1.54, 1.807) is 0 Å². The van der Waals surface area contributed by atoms with Crippen LogP contribution in [0, 0.1) is 0 Å². The van der Waals surface area contributed by atoms with Gasteiger partial charge in [-0.1, -0.05) is 46.3 Å². The summed E-state index contributed by atoms with van der Waals surface area (Å²) in [4.78, 5) is 16.6. The first-order chi connectivity index (χ1) is 8.25. The van der Waals surface area contributed by atoms with Gasteiger partial charge in [-0.3, -0.25) is 4.79 Å². The molecule has 2 aromatic carbocycles. The predicted molar refractivity (Wildman–Crippen MR) is 71.1 cm³/mol. The Balaban J connectivity index is 2.11. The van der Waals surface area contributed by atoms with Crippen LogP contribution >= 0.6 is 15.9 Å². The van der Waals surface area contributed by atoms with Crippen molar-refractivity contribution in [3.63, 3.8) is 0 Å². The van der Waals surface area contributed by atoms with E-state index in [2.05, 4.69) is 20.9 Å². The lowest BCUT2D eigenvalue weighted by Crippen LogP contribution is -2.10. The van der Waals surface area contributed by atoms with Crippen molar-refractivity contribution in [3.05, 3.63) is 64.1 Å². The summed E-state index contributed by atoms with van der Waals surface area (Å²) in [5.41, 5.74) is 2.80. The number of hydrogen-bond donors (Lipinski definition) is 0. The minimum Gasteiger partial charge on any atom is -0.287 e. The topological polar surface area (TPSA) is 29.4 Å². The Bertz CT molecular complexity index is 632. The van der Waals surface area contributed by atoms with Crippen LogP contribution in [0.25, 0.3) is 0 Å². The van der Waals surface area contributed by atoms with Crippen molar-refractivity contribution in [2.24, 2.45) is 4.99 Å². The average Bonchev–Trinajstić information content (AvgIpc) is 2.68. The Morgan fingerprint density at radius 2 is 1.76 bits per heavy atom. The lowest BCUT2D eigenvalue weighted by atomic mass is 10.0. The fourth-order valence-electron chi connectivity index (χ4n) is 1.88. The molecule has 0 N–H and O–H groups in total. The number of carbonyl (C=O) groups excluding carboxylic acids is 1. The summed E-state index contributed by atoms with van der Waals surface area (Å²) in [7, 11) is 0. The minimum atomic E-state index is -0.00694. The molecule has 82 valence electrons. The second-order valence-electron chi connectivity index (χ2n) is 3.82. The fraction of sp³-hybridized carbons (Fsp3) is 0. The number of hydrogen-bond acceptors (Lipinski definition) is 2. The highest BCUT2D eigenvalue weighted by Crippen LogP contribution is 2.31. The first kappa shape index (κ1) is 10.4. The van der Waals surface area contributed by atoms with Crippen molar-refractivity contribution in [1.82, 2.24) is 0 Å². The minimum absolute atomic E-state index is 0.00694. The molecule has 0 aromatic heterocycles. The second-order valence-corrected chi connectivity index (χ2v) is 4.73. The molecule has 17 heavy (non-hydrogen) atoms. The second kappa shape index (κ2) is 3.93. The van der Waals surface area contributed by atoms with E-state index in [1.807, 2.05) is 48.5 Å². The molecule has 3 heteroatoms. The summed E-state index contributed by atoms with van der Waals surface area (Å²) >= 11 is 3.37. The molecule has 0 aliphatic carbocycles. The van der Waals surface area contributed by atoms with Crippen molar-refractivity contribution >= 4 is 33.1 Å². The lowest BCUT2D eigenvalue weighted by Gasteiger charge is -1.98. The van der Waals surface area contributed by atoms with Crippen molar-refractivity contribution in [2.75, 3.05) is 0 Å². The SMILES string of the molecule is O=C1C(c2ccccc2)=Nc2ccc(Br)cc21. The third-order valence-electron chi connectivity index (χ3n) is 2.70. The van der Waals surface area contributed by atoms with Gasteiger partial charge in [-0.05, 0) is 18.2 Å². The van der Waals surface area contributed by atoms with Crippen LogP contribution in [-0.2, 0) is 0 Å². The number of ketones is 1. The summed E-state index contributed by atoms with van der Waals surface area (Å²) in [6.45, 7) is 0. The van der Waals surface area contributed by atoms with E-state index in [1.165, 1.54) is 0 Å². The van der Waals surface area contributed by atoms with E-state index in [0.717, 1.165) is 15.7 Å². The molecule has 1 aliphatic heterocycles. The molecule has 0 unspecified atom stereocenters. The zero-order chi connectivity index (χ0) is 11.8. The molecule has 0 bridgehead atoms. The molecule has 0 saturated carbocycles. The first-order valence-electron chi connectivity index (χ1n) is 5.24. The maximum absolute atomic E-state index is 12.2. The van der Waals surface area contributed by atoms with Crippen molar-refractivity contribution in [3.8, 4) is 0 Å². The molecule has 0 fully saturated rings. The van der Waals surface area contributed by atoms with Crippen molar-refractivity contribution < 1.29 is 4.79 Å². The van der Waals surface area contributed by atoms with Gasteiger partial charge in [-0.25, -0.2) is 4.99 Å². The van der Waals surface area contributed by atoms with Gasteiger partial charge in [-0.15, -0.1) is 0 Å². The molecule has 0 radical (unpaired) electrons. The summed E-state index contributed by atoms with van der Waals surface area (Å²) in [5.74, 6) is -0.00694. The first-order valence-corrected chi connectivity index (χ1v) is 6.03. The predicted octanol–water partition coefficient (Wildman–Crippen LogP) is 3.77. The van der Waals surface area contributed by atoms with Gasteiger partial charge in [0.1, 0.15) is 5.71 Å². The number of aliphatic imine (C=N–C) groups is 1. The zero-order valence-electron chi connectivity index (χ0n) is 8.85. The number of halogens is 1. The van der Waals surface area contributed by atoms with Crippen LogP contribution in [0.2, 0.25) is 0 Å². The standard InChI is InChI=1S/C14H8BrNO/c15-10-6-7-12-11(8-10)14(17)13(16-12)9-4-2-1-3-5-9/h1-8H. The number of Topliss-reactive ketones (excluding diaryl/α,β-unsaturated/α-hetero) is 1. The van der Waals surface area contributed by atoms with Crippen LogP contribution in [0.3, 0.4) is 0 Å². The molecule has 0 atom stereocenters. The smallest absolute Gasteiger partial charge is 0.214 e. The van der Waals surface area contributed by atoms with Crippen molar-refractivity contribution in [1.29, 1.82) is 0 Å². The molecule has 2 nitrogen and oxygen atoms in total. The Labute approximate surface area is 107 Å². The molecule has 1 aliphatic rings. The van der Waals surface area contributed by atoms with Gasteiger partial charge >= 0.3 is 0 Å². The molecule has 0 amide bonds. The molecular formula is C14H8BrNO. The average molecular weight is 286 g/mol. The number of rotatable bonds is 1. The molecule has 3 rings (SSSR count). The van der Waals surface area contributed by atoms with Gasteiger partial charge in [0.05, 0.1) is 11.3 Å².